The van der Waals surface area contributed by atoms with Crippen LogP contribution >= 0.6 is 43.5 Å². The number of fused-ring (bicyclic) bond motifs is 6. The molecule has 0 amide bonds. The molecule has 0 radical (unpaired) electrons. The van der Waals surface area contributed by atoms with E-state index >= 15 is 0 Å². The van der Waals surface area contributed by atoms with Gasteiger partial charge in [0.15, 0.2) is 22.3 Å². The maximum Gasteiger partial charge on any atom is 0.180 e. The topological polar surface area (TPSA) is 92.6 Å². The van der Waals surface area contributed by atoms with E-state index in [0.29, 0.717) is 23.8 Å². The van der Waals surface area contributed by atoms with E-state index in [1.165, 1.54) is 0 Å². The summed E-state index contributed by atoms with van der Waals surface area (Å²) in [6.07, 6.45) is 7.98. The summed E-state index contributed by atoms with van der Waals surface area (Å²) < 4.78 is 6.07. The zero-order valence-corrected chi connectivity index (χ0v) is 23.4. The second-order valence-electron chi connectivity index (χ2n) is 8.29. The second kappa shape index (κ2) is 10.3. The summed E-state index contributed by atoms with van der Waals surface area (Å²) in [5.74, 6) is 0.748. The van der Waals surface area contributed by atoms with Crippen LogP contribution in [0.5, 0.6) is 0 Å². The number of halogens is 3. The molecular formula is C25H22Br2ClN7O. The van der Waals surface area contributed by atoms with Gasteiger partial charge in [0.1, 0.15) is 0 Å². The highest BCUT2D eigenvalue weighted by Crippen LogP contribution is 2.27. The van der Waals surface area contributed by atoms with Crippen LogP contribution in [0.1, 0.15) is 17.5 Å². The van der Waals surface area contributed by atoms with Crippen molar-refractivity contribution in [2.24, 2.45) is 0 Å². The van der Waals surface area contributed by atoms with Gasteiger partial charge in [-0.2, -0.15) is 0 Å². The van der Waals surface area contributed by atoms with E-state index in [9.17, 15) is 0 Å². The van der Waals surface area contributed by atoms with Gasteiger partial charge in [-0.1, -0.05) is 43.5 Å². The Morgan fingerprint density at radius 1 is 0.861 bits per heavy atom. The number of hydrogen-bond acceptors (Lipinski definition) is 6. The zero-order chi connectivity index (χ0) is 25.4. The Bertz CT molecular complexity index is 1730. The third-order valence-electron chi connectivity index (χ3n) is 5.79. The van der Waals surface area contributed by atoms with Gasteiger partial charge >= 0.3 is 0 Å². The normalized spacial score (nSPS) is 11.4. The van der Waals surface area contributed by atoms with E-state index in [1.807, 2.05) is 47.2 Å². The number of imidazole rings is 2. The quantitative estimate of drug-likeness (QED) is 0.220. The van der Waals surface area contributed by atoms with Crippen LogP contribution in [0, 0.1) is 13.8 Å². The molecule has 0 aliphatic carbocycles. The van der Waals surface area contributed by atoms with Crippen molar-refractivity contribution in [2.75, 3.05) is 18.5 Å². The van der Waals surface area contributed by atoms with Gasteiger partial charge in [-0.3, -0.25) is 8.80 Å². The Labute approximate surface area is 228 Å². The minimum absolute atomic E-state index is 0.164. The number of benzene rings is 2. The lowest BCUT2D eigenvalue weighted by atomic mass is 10.2. The fourth-order valence-electron chi connectivity index (χ4n) is 3.93. The Morgan fingerprint density at radius 2 is 1.42 bits per heavy atom. The van der Waals surface area contributed by atoms with Crippen molar-refractivity contribution in [3.63, 3.8) is 0 Å². The van der Waals surface area contributed by atoms with Gasteiger partial charge < -0.3 is 10.4 Å². The van der Waals surface area contributed by atoms with E-state index in [-0.39, 0.29) is 6.61 Å². The second-order valence-corrected chi connectivity index (χ2v) is 10.4. The molecule has 184 valence electrons. The molecule has 0 saturated heterocycles. The smallest absolute Gasteiger partial charge is 0.180 e. The summed E-state index contributed by atoms with van der Waals surface area (Å²) in [7, 11) is 0. The third-order valence-corrected chi connectivity index (χ3v) is 7.75. The predicted octanol–water partition coefficient (Wildman–Crippen LogP) is 6.35. The summed E-state index contributed by atoms with van der Waals surface area (Å²) >= 11 is 13.1. The molecule has 8 nitrogen and oxygen atoms in total. The summed E-state index contributed by atoms with van der Waals surface area (Å²) in [6.45, 7) is 4.91. The first-order valence-corrected chi connectivity index (χ1v) is 13.2. The number of hydrogen-bond donors (Lipinski definition) is 2. The molecule has 0 aliphatic rings. The molecular weight excluding hydrogens is 610 g/mol. The molecule has 11 heteroatoms. The highest BCUT2D eigenvalue weighted by molar-refractivity contribution is 9.10. The number of aliphatic hydroxyl groups excluding tert-OH is 1. The maximum atomic E-state index is 8.87. The van der Waals surface area contributed by atoms with Gasteiger partial charge in [0.25, 0.3) is 0 Å². The largest absolute Gasteiger partial charge is 0.396 e. The highest BCUT2D eigenvalue weighted by Gasteiger charge is 2.11. The van der Waals surface area contributed by atoms with Crippen molar-refractivity contribution < 1.29 is 5.11 Å². The molecule has 2 N–H and O–H groups in total. The zero-order valence-electron chi connectivity index (χ0n) is 19.5. The van der Waals surface area contributed by atoms with Gasteiger partial charge in [-0.15, -0.1) is 0 Å². The van der Waals surface area contributed by atoms with Gasteiger partial charge in [0.2, 0.25) is 0 Å². The summed E-state index contributed by atoms with van der Waals surface area (Å²) in [5.41, 5.74) is 7.56. The van der Waals surface area contributed by atoms with Gasteiger partial charge in [0, 0.05) is 46.9 Å². The molecule has 0 unspecified atom stereocenters. The number of aromatic nitrogens is 6. The summed E-state index contributed by atoms with van der Waals surface area (Å²) in [5, 5.41) is 12.5. The molecule has 0 aliphatic heterocycles. The van der Waals surface area contributed by atoms with Crippen LogP contribution in [-0.2, 0) is 0 Å². The van der Waals surface area contributed by atoms with Crippen molar-refractivity contribution in [1.29, 1.82) is 0 Å². The summed E-state index contributed by atoms with van der Waals surface area (Å²) in [4.78, 5) is 17.5. The van der Waals surface area contributed by atoms with Crippen LogP contribution in [-0.4, -0.2) is 47.0 Å². The van der Waals surface area contributed by atoms with Crippen LogP contribution in [0.15, 0.2) is 58.0 Å². The fourth-order valence-corrected chi connectivity index (χ4v) is 4.82. The Morgan fingerprint density at radius 3 is 2.03 bits per heavy atom. The molecule has 6 rings (SSSR count). The Balaban J connectivity index is 0.000000152. The van der Waals surface area contributed by atoms with E-state index in [2.05, 4.69) is 69.2 Å². The van der Waals surface area contributed by atoms with Gasteiger partial charge in [-0.05, 0) is 55.7 Å². The molecule has 0 fully saturated rings. The first-order chi connectivity index (χ1) is 17.4. The molecule has 2 aromatic carbocycles. The van der Waals surface area contributed by atoms with Crippen molar-refractivity contribution in [2.45, 2.75) is 20.3 Å². The van der Waals surface area contributed by atoms with E-state index in [4.69, 9.17) is 16.7 Å². The van der Waals surface area contributed by atoms with E-state index in [1.54, 1.807) is 12.4 Å². The van der Waals surface area contributed by atoms with Crippen LogP contribution in [0.25, 0.3) is 33.4 Å². The molecule has 0 atom stereocenters. The molecule has 4 heterocycles. The summed E-state index contributed by atoms with van der Waals surface area (Å²) in [6, 6.07) is 8.15. The number of anilines is 1. The SMILES string of the molecule is Cc1cc2nc(Cl)c3nccn3c2cc1Br.Cc1cc2nc(NCCCO)c3nccn3c2cc1Br. The highest BCUT2D eigenvalue weighted by atomic mass is 79.9. The Hall–Kier alpha value is -2.79. The van der Waals surface area contributed by atoms with Crippen LogP contribution < -0.4 is 5.32 Å². The van der Waals surface area contributed by atoms with Crippen LogP contribution in [0.3, 0.4) is 0 Å². The van der Waals surface area contributed by atoms with E-state index in [0.717, 1.165) is 53.6 Å². The molecule has 0 saturated carbocycles. The first kappa shape index (κ1) is 24.9. The van der Waals surface area contributed by atoms with Crippen molar-refractivity contribution in [3.8, 4) is 0 Å². The number of aryl methyl sites for hydroxylation is 2. The fraction of sp³-hybridized carbons (Fsp3) is 0.200. The molecule has 0 spiro atoms. The van der Waals surface area contributed by atoms with Crippen molar-refractivity contribution in [1.82, 2.24) is 28.7 Å². The predicted molar refractivity (Wildman–Crippen MR) is 151 cm³/mol. The minimum Gasteiger partial charge on any atom is -0.396 e. The van der Waals surface area contributed by atoms with Crippen LogP contribution in [0.2, 0.25) is 5.15 Å². The lowest BCUT2D eigenvalue weighted by Gasteiger charge is -2.10. The van der Waals surface area contributed by atoms with Crippen molar-refractivity contribution in [3.05, 3.63) is 74.3 Å². The van der Waals surface area contributed by atoms with E-state index < -0.39 is 0 Å². The number of rotatable bonds is 4. The minimum atomic E-state index is 0.164. The van der Waals surface area contributed by atoms with Gasteiger partial charge in [0.05, 0.1) is 22.1 Å². The number of nitrogens with zero attached hydrogens (tertiary/aromatic N) is 6. The average Bonchev–Trinajstić information content (AvgIpc) is 3.53. The molecule has 0 bridgehead atoms. The molecule has 6 aromatic rings. The van der Waals surface area contributed by atoms with Crippen LogP contribution in [0.4, 0.5) is 5.82 Å². The molecule has 4 aromatic heterocycles. The lowest BCUT2D eigenvalue weighted by Crippen LogP contribution is -2.07. The molecule has 36 heavy (non-hydrogen) atoms. The number of nitrogens with one attached hydrogen (secondary N) is 1. The monoisotopic (exact) mass is 629 g/mol. The Kier molecular flexibility index (Phi) is 7.11. The van der Waals surface area contributed by atoms with Crippen molar-refractivity contribution >= 4 is 82.6 Å². The third kappa shape index (κ3) is 4.66. The first-order valence-electron chi connectivity index (χ1n) is 11.2. The van der Waals surface area contributed by atoms with Gasteiger partial charge in [-0.25, -0.2) is 19.9 Å². The lowest BCUT2D eigenvalue weighted by molar-refractivity contribution is 0.292. The average molecular weight is 632 g/mol. The number of aliphatic hydroxyl groups is 1. The standard InChI is InChI=1S/C14H15BrN4O.C11H7BrClN3/c1-9-7-11-12(8-10(9)15)19-5-4-17-14(19)13(18-11)16-3-2-6-20;1-6-4-8-9(5-7(6)12)16-3-2-14-11(16)10(13)15-8/h4-5,7-8,20H,2-3,6H2,1H3,(H,16,18);2-5H,1H3. The maximum absolute atomic E-state index is 8.87.